The first kappa shape index (κ1) is 16.3. The van der Waals surface area contributed by atoms with E-state index in [0.29, 0.717) is 11.8 Å². The van der Waals surface area contributed by atoms with Crippen molar-refractivity contribution >= 4 is 5.97 Å². The summed E-state index contributed by atoms with van der Waals surface area (Å²) in [7, 11) is 1.47. The van der Waals surface area contributed by atoms with Gasteiger partial charge in [0.05, 0.1) is 19.6 Å². The Balaban J connectivity index is 1.69. The van der Waals surface area contributed by atoms with Crippen LogP contribution in [-0.4, -0.2) is 32.8 Å². The fourth-order valence-corrected chi connectivity index (χ4v) is 3.64. The van der Waals surface area contributed by atoms with Crippen molar-refractivity contribution in [1.82, 2.24) is 5.32 Å². The third-order valence-corrected chi connectivity index (χ3v) is 5.13. The number of esters is 1. The summed E-state index contributed by atoms with van der Waals surface area (Å²) in [5, 5.41) is 3.36. The minimum absolute atomic E-state index is 0.109. The van der Waals surface area contributed by atoms with Gasteiger partial charge in [0.2, 0.25) is 0 Å². The average Bonchev–Trinajstić information content (AvgIpc) is 3.26. The number of nitrogens with one attached hydrogen (secondary N) is 1. The lowest BCUT2D eigenvalue weighted by Gasteiger charge is -2.23. The summed E-state index contributed by atoms with van der Waals surface area (Å²) in [5.41, 5.74) is 1.20. The van der Waals surface area contributed by atoms with Gasteiger partial charge < -0.3 is 14.8 Å². The van der Waals surface area contributed by atoms with Gasteiger partial charge in [-0.3, -0.25) is 4.79 Å². The van der Waals surface area contributed by atoms with E-state index in [0.717, 1.165) is 25.4 Å². The Morgan fingerprint density at radius 2 is 2.17 bits per heavy atom. The summed E-state index contributed by atoms with van der Waals surface area (Å²) < 4.78 is 11.0. The van der Waals surface area contributed by atoms with E-state index < -0.39 is 0 Å². The first-order valence-electron chi connectivity index (χ1n) is 8.70. The predicted octanol–water partition coefficient (Wildman–Crippen LogP) is 2.98. The highest BCUT2D eigenvalue weighted by Gasteiger charge is 2.39. The zero-order valence-electron chi connectivity index (χ0n) is 14.1. The average molecular weight is 317 g/mol. The Morgan fingerprint density at radius 1 is 1.35 bits per heavy atom. The predicted molar refractivity (Wildman–Crippen MR) is 89.6 cm³/mol. The van der Waals surface area contributed by atoms with Gasteiger partial charge in [0.25, 0.3) is 0 Å². The Bertz CT molecular complexity index is 535. The van der Waals surface area contributed by atoms with Crippen LogP contribution in [0, 0.1) is 17.8 Å². The molecule has 3 unspecified atom stereocenters. The fourth-order valence-electron chi connectivity index (χ4n) is 3.64. The Labute approximate surface area is 138 Å². The van der Waals surface area contributed by atoms with Crippen molar-refractivity contribution in [3.8, 4) is 5.75 Å². The second-order valence-corrected chi connectivity index (χ2v) is 6.92. The van der Waals surface area contributed by atoms with Crippen LogP contribution < -0.4 is 10.1 Å². The number of methoxy groups -OCH3 is 1. The molecule has 3 atom stereocenters. The number of carbonyl (C=O) groups is 1. The van der Waals surface area contributed by atoms with Crippen LogP contribution >= 0.6 is 0 Å². The normalized spacial score (nSPS) is 23.3. The highest BCUT2D eigenvalue weighted by atomic mass is 16.5. The molecule has 126 valence electrons. The first-order valence-corrected chi connectivity index (χ1v) is 8.70. The number of carbonyl (C=O) groups excluding carboxylic acids is 1. The Hall–Kier alpha value is -1.55. The molecule has 0 aromatic heterocycles. The van der Waals surface area contributed by atoms with E-state index in [1.807, 2.05) is 19.1 Å². The number of hydrogen-bond donors (Lipinski definition) is 1. The van der Waals surface area contributed by atoms with Crippen LogP contribution in [0.15, 0.2) is 24.3 Å². The van der Waals surface area contributed by atoms with Crippen molar-refractivity contribution in [3.05, 3.63) is 29.8 Å². The number of benzene rings is 1. The van der Waals surface area contributed by atoms with Crippen LogP contribution in [0.2, 0.25) is 0 Å². The molecule has 0 spiro atoms. The standard InChI is InChI=1S/C19H27NO3/c1-13(19(21)22-2)18(15-6-7-15)16-4-3-5-17(10-16)23-12-14-8-9-20-11-14/h3-5,10,13-15,18,20H,6-9,11-12H2,1-2H3. The molecule has 3 rings (SSSR count). The van der Waals surface area contributed by atoms with Crippen LogP contribution in [0.5, 0.6) is 5.75 Å². The van der Waals surface area contributed by atoms with Gasteiger partial charge in [0.15, 0.2) is 0 Å². The zero-order valence-corrected chi connectivity index (χ0v) is 14.1. The van der Waals surface area contributed by atoms with Crippen LogP contribution in [0.1, 0.15) is 37.7 Å². The van der Waals surface area contributed by atoms with Gasteiger partial charge in [-0.2, -0.15) is 0 Å². The van der Waals surface area contributed by atoms with Crippen molar-refractivity contribution < 1.29 is 14.3 Å². The molecule has 0 bridgehead atoms. The molecule has 1 N–H and O–H groups in total. The highest BCUT2D eigenvalue weighted by molar-refractivity contribution is 5.73. The van der Waals surface area contributed by atoms with E-state index in [4.69, 9.17) is 9.47 Å². The van der Waals surface area contributed by atoms with Crippen LogP contribution in [0.4, 0.5) is 0 Å². The van der Waals surface area contributed by atoms with Crippen molar-refractivity contribution in [3.63, 3.8) is 0 Å². The fraction of sp³-hybridized carbons (Fsp3) is 0.632. The molecular weight excluding hydrogens is 290 g/mol. The highest BCUT2D eigenvalue weighted by Crippen LogP contribution is 2.47. The summed E-state index contributed by atoms with van der Waals surface area (Å²) >= 11 is 0. The van der Waals surface area contributed by atoms with Crippen LogP contribution in [0.3, 0.4) is 0 Å². The van der Waals surface area contributed by atoms with Crippen molar-refractivity contribution in [2.45, 2.75) is 32.1 Å². The lowest BCUT2D eigenvalue weighted by atomic mass is 9.83. The minimum Gasteiger partial charge on any atom is -0.493 e. The molecule has 2 aliphatic rings. The van der Waals surface area contributed by atoms with Crippen LogP contribution in [-0.2, 0) is 9.53 Å². The first-order chi connectivity index (χ1) is 11.2. The lowest BCUT2D eigenvalue weighted by molar-refractivity contribution is -0.145. The molecule has 1 saturated carbocycles. The molecule has 4 heteroatoms. The van der Waals surface area contributed by atoms with Crippen molar-refractivity contribution in [2.75, 3.05) is 26.8 Å². The van der Waals surface area contributed by atoms with E-state index in [1.165, 1.54) is 31.9 Å². The minimum atomic E-state index is -0.120. The van der Waals surface area contributed by atoms with Gasteiger partial charge in [-0.15, -0.1) is 0 Å². The van der Waals surface area contributed by atoms with E-state index in [2.05, 4.69) is 17.4 Å². The number of rotatable bonds is 7. The van der Waals surface area contributed by atoms with Gasteiger partial charge in [0, 0.05) is 12.5 Å². The number of ether oxygens (including phenoxy) is 2. The third kappa shape index (κ3) is 4.05. The molecule has 1 aliphatic heterocycles. The molecule has 2 fully saturated rings. The van der Waals surface area contributed by atoms with Gasteiger partial charge >= 0.3 is 5.97 Å². The van der Waals surface area contributed by atoms with Crippen molar-refractivity contribution in [2.24, 2.45) is 17.8 Å². The molecular formula is C19H27NO3. The molecule has 1 heterocycles. The molecule has 1 saturated heterocycles. The summed E-state index contributed by atoms with van der Waals surface area (Å²) in [6.45, 7) is 4.88. The monoisotopic (exact) mass is 317 g/mol. The maximum absolute atomic E-state index is 12.0. The van der Waals surface area contributed by atoms with Crippen LogP contribution in [0.25, 0.3) is 0 Å². The second-order valence-electron chi connectivity index (χ2n) is 6.92. The molecule has 1 aliphatic carbocycles. The molecule has 0 amide bonds. The lowest BCUT2D eigenvalue weighted by Crippen LogP contribution is -2.22. The zero-order chi connectivity index (χ0) is 16.2. The maximum Gasteiger partial charge on any atom is 0.309 e. The van der Waals surface area contributed by atoms with Gasteiger partial charge in [-0.1, -0.05) is 19.1 Å². The maximum atomic E-state index is 12.0. The smallest absolute Gasteiger partial charge is 0.309 e. The quantitative estimate of drug-likeness (QED) is 0.786. The summed E-state index contributed by atoms with van der Waals surface area (Å²) in [4.78, 5) is 12.0. The molecule has 23 heavy (non-hydrogen) atoms. The Kier molecular flexibility index (Phi) is 5.21. The molecule has 1 aromatic carbocycles. The number of hydrogen-bond acceptors (Lipinski definition) is 4. The van der Waals surface area contributed by atoms with E-state index >= 15 is 0 Å². The third-order valence-electron chi connectivity index (χ3n) is 5.13. The summed E-state index contributed by atoms with van der Waals surface area (Å²) in [5.74, 6) is 2.12. The van der Waals surface area contributed by atoms with Crippen molar-refractivity contribution in [1.29, 1.82) is 0 Å². The Morgan fingerprint density at radius 3 is 2.83 bits per heavy atom. The van der Waals surface area contributed by atoms with E-state index in [-0.39, 0.29) is 17.8 Å². The molecule has 1 aromatic rings. The van der Waals surface area contributed by atoms with Gasteiger partial charge in [-0.25, -0.2) is 0 Å². The second kappa shape index (κ2) is 7.35. The van der Waals surface area contributed by atoms with Gasteiger partial charge in [0.1, 0.15) is 5.75 Å². The van der Waals surface area contributed by atoms with E-state index in [9.17, 15) is 4.79 Å². The summed E-state index contributed by atoms with van der Waals surface area (Å²) in [6.07, 6.45) is 3.58. The largest absolute Gasteiger partial charge is 0.493 e. The summed E-state index contributed by atoms with van der Waals surface area (Å²) in [6, 6.07) is 8.28. The van der Waals surface area contributed by atoms with E-state index in [1.54, 1.807) is 0 Å². The molecule has 4 nitrogen and oxygen atoms in total. The molecule has 0 radical (unpaired) electrons. The topological polar surface area (TPSA) is 47.6 Å². The van der Waals surface area contributed by atoms with Gasteiger partial charge in [-0.05, 0) is 55.3 Å². The SMILES string of the molecule is COC(=O)C(C)C(c1cccc(OCC2CCNC2)c1)C1CC1.